The first kappa shape index (κ1) is 19.5. The molecule has 2 aromatic carbocycles. The Bertz CT molecular complexity index is 758. The number of carbonyl (C=O) groups is 2. The number of para-hydroxylation sites is 1. The number of aromatic hydroxyl groups is 1. The lowest BCUT2D eigenvalue weighted by atomic mass is 10.1. The van der Waals surface area contributed by atoms with Crippen molar-refractivity contribution >= 4 is 17.5 Å². The maximum absolute atomic E-state index is 12.0. The van der Waals surface area contributed by atoms with Crippen LogP contribution in [0.3, 0.4) is 0 Å². The highest BCUT2D eigenvalue weighted by molar-refractivity contribution is 5.92. The van der Waals surface area contributed by atoms with Crippen LogP contribution in [-0.4, -0.2) is 16.9 Å². The third-order valence-electron chi connectivity index (χ3n) is 4.36. The number of rotatable bonds is 8. The number of carbonyl (C=O) groups excluding carboxylic acids is 2. The molecule has 0 aromatic heterocycles. The van der Waals surface area contributed by atoms with Crippen molar-refractivity contribution in [1.29, 1.82) is 0 Å². The average molecular weight is 354 g/mol. The van der Waals surface area contributed by atoms with E-state index >= 15 is 0 Å². The highest BCUT2D eigenvalue weighted by atomic mass is 16.3. The van der Waals surface area contributed by atoms with E-state index in [4.69, 9.17) is 0 Å². The number of phenols is 1. The number of benzene rings is 2. The third-order valence-corrected chi connectivity index (χ3v) is 4.36. The fourth-order valence-corrected chi connectivity index (χ4v) is 2.47. The van der Waals surface area contributed by atoms with Crippen LogP contribution in [0, 0.1) is 5.92 Å². The maximum atomic E-state index is 12.0. The smallest absolute Gasteiger partial charge is 0.227 e. The molecular formula is C21H26N2O3. The van der Waals surface area contributed by atoms with Gasteiger partial charge in [-0.1, -0.05) is 44.2 Å². The summed E-state index contributed by atoms with van der Waals surface area (Å²) in [5.74, 6) is 0.0939. The summed E-state index contributed by atoms with van der Waals surface area (Å²) in [6, 6.07) is 14.5. The second-order valence-electron chi connectivity index (χ2n) is 6.40. The Balaban J connectivity index is 1.83. The first-order valence-corrected chi connectivity index (χ1v) is 8.93. The number of hydrogen-bond donors (Lipinski definition) is 3. The number of nitrogens with one attached hydrogen (secondary N) is 2. The van der Waals surface area contributed by atoms with Gasteiger partial charge in [-0.05, 0) is 42.2 Å². The lowest BCUT2D eigenvalue weighted by Crippen LogP contribution is -2.23. The van der Waals surface area contributed by atoms with Gasteiger partial charge in [0.1, 0.15) is 5.75 Å². The van der Waals surface area contributed by atoms with E-state index < -0.39 is 0 Å². The molecule has 0 aliphatic carbocycles. The van der Waals surface area contributed by atoms with E-state index in [0.29, 0.717) is 19.4 Å². The molecule has 26 heavy (non-hydrogen) atoms. The minimum absolute atomic E-state index is 0.00338. The molecule has 0 spiro atoms. The Hall–Kier alpha value is -2.82. The van der Waals surface area contributed by atoms with Gasteiger partial charge in [-0.15, -0.1) is 0 Å². The molecule has 2 amide bonds. The van der Waals surface area contributed by atoms with Crippen molar-refractivity contribution in [2.24, 2.45) is 5.92 Å². The van der Waals surface area contributed by atoms with Gasteiger partial charge >= 0.3 is 0 Å². The van der Waals surface area contributed by atoms with Gasteiger partial charge in [-0.2, -0.15) is 0 Å². The van der Waals surface area contributed by atoms with Crippen molar-refractivity contribution in [2.45, 2.75) is 39.7 Å². The first-order valence-electron chi connectivity index (χ1n) is 8.93. The topological polar surface area (TPSA) is 78.4 Å². The van der Waals surface area contributed by atoms with Crippen LogP contribution in [0.2, 0.25) is 0 Å². The summed E-state index contributed by atoms with van der Waals surface area (Å²) >= 11 is 0. The minimum atomic E-state index is -0.0812. The Labute approximate surface area is 154 Å². The second kappa shape index (κ2) is 9.61. The first-order chi connectivity index (χ1) is 12.5. The molecule has 138 valence electrons. The van der Waals surface area contributed by atoms with Gasteiger partial charge in [-0.3, -0.25) is 9.59 Å². The molecule has 5 nitrogen and oxygen atoms in total. The molecule has 0 saturated carbocycles. The number of aryl methyl sites for hydroxylation is 1. The zero-order valence-electron chi connectivity index (χ0n) is 15.3. The molecule has 0 saturated heterocycles. The number of hydrogen-bond acceptors (Lipinski definition) is 3. The van der Waals surface area contributed by atoms with Crippen LogP contribution >= 0.6 is 0 Å². The zero-order chi connectivity index (χ0) is 18.9. The molecule has 0 heterocycles. The van der Waals surface area contributed by atoms with E-state index in [1.807, 2.05) is 50.2 Å². The monoisotopic (exact) mass is 354 g/mol. The molecule has 2 aromatic rings. The van der Waals surface area contributed by atoms with E-state index in [0.717, 1.165) is 23.2 Å². The summed E-state index contributed by atoms with van der Waals surface area (Å²) < 4.78 is 0. The predicted molar refractivity (Wildman–Crippen MR) is 103 cm³/mol. The van der Waals surface area contributed by atoms with Crippen molar-refractivity contribution < 1.29 is 14.7 Å². The number of anilines is 1. The van der Waals surface area contributed by atoms with Crippen LogP contribution in [0.4, 0.5) is 5.69 Å². The van der Waals surface area contributed by atoms with Gasteiger partial charge in [0.2, 0.25) is 11.8 Å². The van der Waals surface area contributed by atoms with Crippen LogP contribution in [-0.2, 0) is 22.6 Å². The van der Waals surface area contributed by atoms with E-state index in [9.17, 15) is 14.7 Å². The fraction of sp³-hybridized carbons (Fsp3) is 0.333. The van der Waals surface area contributed by atoms with Gasteiger partial charge in [0.05, 0.1) is 0 Å². The summed E-state index contributed by atoms with van der Waals surface area (Å²) in [6.07, 6.45) is 1.59. The molecule has 1 atom stereocenters. The van der Waals surface area contributed by atoms with Crippen LogP contribution in [0.1, 0.15) is 37.8 Å². The summed E-state index contributed by atoms with van der Waals surface area (Å²) in [4.78, 5) is 24.0. The molecular weight excluding hydrogens is 328 g/mol. The predicted octanol–water partition coefficient (Wildman–Crippen LogP) is 3.63. The quantitative estimate of drug-likeness (QED) is 0.677. The molecule has 0 fully saturated rings. The van der Waals surface area contributed by atoms with Crippen LogP contribution in [0.15, 0.2) is 48.5 Å². The molecule has 0 aliphatic rings. The molecule has 1 unspecified atom stereocenters. The zero-order valence-corrected chi connectivity index (χ0v) is 15.3. The number of phenolic OH excluding ortho intramolecular Hbond substituents is 1. The lowest BCUT2D eigenvalue weighted by Gasteiger charge is -2.11. The van der Waals surface area contributed by atoms with Crippen molar-refractivity contribution in [3.63, 3.8) is 0 Å². The Morgan fingerprint density at radius 1 is 1.12 bits per heavy atom. The standard InChI is InChI=1S/C21H26N2O3/c1-3-15(2)21(26)23-18-9-6-7-16(13-18)14-22-20(25)12-11-17-8-4-5-10-19(17)24/h4-10,13,15,24H,3,11-12,14H2,1-2H3,(H,22,25)(H,23,26). The fourth-order valence-electron chi connectivity index (χ4n) is 2.47. The van der Waals surface area contributed by atoms with Crippen LogP contribution in [0.5, 0.6) is 5.75 Å². The Morgan fingerprint density at radius 2 is 1.88 bits per heavy atom. The van der Waals surface area contributed by atoms with E-state index in [1.165, 1.54) is 0 Å². The highest BCUT2D eigenvalue weighted by Crippen LogP contribution is 2.17. The third kappa shape index (κ3) is 5.92. The molecule has 3 N–H and O–H groups in total. The van der Waals surface area contributed by atoms with Crippen molar-refractivity contribution in [1.82, 2.24) is 5.32 Å². The summed E-state index contributed by atoms with van der Waals surface area (Å²) in [6.45, 7) is 4.27. The van der Waals surface area contributed by atoms with Crippen LogP contribution < -0.4 is 10.6 Å². The Kier molecular flexibility index (Phi) is 7.21. The highest BCUT2D eigenvalue weighted by Gasteiger charge is 2.11. The van der Waals surface area contributed by atoms with E-state index in [1.54, 1.807) is 12.1 Å². The van der Waals surface area contributed by atoms with Gasteiger partial charge in [0.25, 0.3) is 0 Å². The largest absolute Gasteiger partial charge is 0.508 e. The molecule has 2 rings (SSSR count). The minimum Gasteiger partial charge on any atom is -0.508 e. The van der Waals surface area contributed by atoms with E-state index in [-0.39, 0.29) is 23.5 Å². The van der Waals surface area contributed by atoms with Gasteiger partial charge in [-0.25, -0.2) is 0 Å². The summed E-state index contributed by atoms with van der Waals surface area (Å²) in [7, 11) is 0. The normalized spacial score (nSPS) is 11.6. The van der Waals surface area contributed by atoms with Crippen molar-refractivity contribution in [3.8, 4) is 5.75 Å². The lowest BCUT2D eigenvalue weighted by molar-refractivity contribution is -0.121. The molecule has 0 aliphatic heterocycles. The molecule has 0 bridgehead atoms. The number of amides is 2. The SMILES string of the molecule is CCC(C)C(=O)Nc1cccc(CNC(=O)CCc2ccccc2O)c1. The van der Waals surface area contributed by atoms with Crippen LogP contribution in [0.25, 0.3) is 0 Å². The van der Waals surface area contributed by atoms with Gasteiger partial charge in [0.15, 0.2) is 0 Å². The van der Waals surface area contributed by atoms with E-state index in [2.05, 4.69) is 10.6 Å². The van der Waals surface area contributed by atoms with Gasteiger partial charge in [0, 0.05) is 24.6 Å². The van der Waals surface area contributed by atoms with Crippen molar-refractivity contribution in [3.05, 3.63) is 59.7 Å². The summed E-state index contributed by atoms with van der Waals surface area (Å²) in [5, 5.41) is 15.5. The molecule has 0 radical (unpaired) electrons. The Morgan fingerprint density at radius 3 is 2.62 bits per heavy atom. The average Bonchev–Trinajstić information content (AvgIpc) is 2.65. The summed E-state index contributed by atoms with van der Waals surface area (Å²) in [5.41, 5.74) is 2.41. The van der Waals surface area contributed by atoms with Crippen molar-refractivity contribution in [2.75, 3.05) is 5.32 Å². The van der Waals surface area contributed by atoms with Gasteiger partial charge < -0.3 is 15.7 Å². The molecule has 5 heteroatoms. The maximum Gasteiger partial charge on any atom is 0.227 e. The second-order valence-corrected chi connectivity index (χ2v) is 6.40.